The first-order chi connectivity index (χ1) is 18.1. The van der Waals surface area contributed by atoms with Crippen LogP contribution in [0.15, 0.2) is 82.8 Å². The quantitative estimate of drug-likeness (QED) is 0.131. The van der Waals surface area contributed by atoms with Gasteiger partial charge in [-0.15, -0.1) is 0 Å². The Kier molecular flexibility index (Phi) is 7.95. The van der Waals surface area contributed by atoms with Gasteiger partial charge in [0.2, 0.25) is 0 Å². The lowest BCUT2D eigenvalue weighted by atomic mass is 10.00. The minimum Gasteiger partial charge on any atom is -0.258 e. The summed E-state index contributed by atoms with van der Waals surface area (Å²) in [5.41, 5.74) is 6.15. The Morgan fingerprint density at radius 1 is 0.632 bits per heavy atom. The third-order valence-electron chi connectivity index (χ3n) is 5.77. The molecule has 0 heterocycles. The fourth-order valence-electron chi connectivity index (χ4n) is 3.75. The molecule has 4 rings (SSSR count). The van der Waals surface area contributed by atoms with Crippen LogP contribution in [0.2, 0.25) is 10.0 Å². The maximum absolute atomic E-state index is 11.1. The molecule has 0 saturated carbocycles. The number of benzene rings is 4. The number of nitrogens with zero attached hydrogens (tertiary/aromatic N) is 4. The molecule has 4 aromatic rings. The second kappa shape index (κ2) is 11.3. The van der Waals surface area contributed by atoms with Crippen LogP contribution in [0, 0.1) is 34.1 Å². The predicted molar refractivity (Wildman–Crippen MR) is 152 cm³/mol. The van der Waals surface area contributed by atoms with Crippen LogP contribution >= 0.6 is 23.2 Å². The van der Waals surface area contributed by atoms with E-state index in [1.165, 1.54) is 24.3 Å². The maximum Gasteiger partial charge on any atom is 0.288 e. The summed E-state index contributed by atoms with van der Waals surface area (Å²) < 4.78 is 0. The second-order valence-electron chi connectivity index (χ2n) is 8.45. The van der Waals surface area contributed by atoms with Gasteiger partial charge in [-0.2, -0.15) is 0 Å². The van der Waals surface area contributed by atoms with Crippen molar-refractivity contribution in [1.82, 2.24) is 0 Å². The third-order valence-corrected chi connectivity index (χ3v) is 6.41. The zero-order chi connectivity index (χ0) is 27.4. The van der Waals surface area contributed by atoms with Crippen LogP contribution in [-0.2, 0) is 0 Å². The Morgan fingerprint density at radius 2 is 1.03 bits per heavy atom. The molecule has 10 heteroatoms. The smallest absolute Gasteiger partial charge is 0.258 e. The summed E-state index contributed by atoms with van der Waals surface area (Å²) in [5.74, 6) is 0. The van der Waals surface area contributed by atoms with Gasteiger partial charge >= 0.3 is 0 Å². The van der Waals surface area contributed by atoms with Crippen LogP contribution in [-0.4, -0.2) is 22.3 Å². The molecule has 0 spiro atoms. The summed E-state index contributed by atoms with van der Waals surface area (Å²) in [6, 6.07) is 20.8. The van der Waals surface area contributed by atoms with E-state index in [0.717, 1.165) is 33.6 Å². The van der Waals surface area contributed by atoms with Crippen molar-refractivity contribution in [3.8, 4) is 11.1 Å². The lowest BCUT2D eigenvalue weighted by Gasteiger charge is -2.08. The average Bonchev–Trinajstić information content (AvgIpc) is 2.88. The molecule has 190 valence electrons. The molecule has 4 aromatic carbocycles. The number of hydrogen-bond acceptors (Lipinski definition) is 6. The Labute approximate surface area is 228 Å². The molecule has 0 unspecified atom stereocenters. The molecular formula is C28H20Cl2N4O4. The molecule has 0 aliphatic heterocycles. The van der Waals surface area contributed by atoms with Crippen molar-refractivity contribution in [2.75, 3.05) is 0 Å². The first-order valence-electron chi connectivity index (χ1n) is 11.3. The minimum atomic E-state index is -0.526. The van der Waals surface area contributed by atoms with E-state index < -0.39 is 9.85 Å². The predicted octanol–water partition coefficient (Wildman–Crippen LogP) is 8.59. The van der Waals surface area contributed by atoms with E-state index in [4.69, 9.17) is 23.2 Å². The van der Waals surface area contributed by atoms with E-state index in [-0.39, 0.29) is 21.4 Å². The summed E-state index contributed by atoms with van der Waals surface area (Å²) in [7, 11) is 0. The van der Waals surface area contributed by atoms with Crippen molar-refractivity contribution in [3.63, 3.8) is 0 Å². The van der Waals surface area contributed by atoms with Crippen LogP contribution in [0.1, 0.15) is 22.3 Å². The van der Waals surface area contributed by atoms with Gasteiger partial charge in [0.1, 0.15) is 10.0 Å². The molecule has 0 radical (unpaired) electrons. The third kappa shape index (κ3) is 6.11. The molecule has 0 amide bonds. The Bertz CT molecular complexity index is 1510. The first-order valence-corrected chi connectivity index (χ1v) is 12.1. The molecule has 0 aliphatic carbocycles. The normalized spacial score (nSPS) is 11.4. The van der Waals surface area contributed by atoms with E-state index in [1.54, 1.807) is 24.6 Å². The molecule has 0 saturated heterocycles. The molecule has 8 nitrogen and oxygen atoms in total. The summed E-state index contributed by atoms with van der Waals surface area (Å²) >= 11 is 11.8. The van der Waals surface area contributed by atoms with Gasteiger partial charge in [0, 0.05) is 24.6 Å². The van der Waals surface area contributed by atoms with Gasteiger partial charge in [-0.3, -0.25) is 30.2 Å². The van der Waals surface area contributed by atoms with E-state index in [2.05, 4.69) is 9.98 Å². The zero-order valence-corrected chi connectivity index (χ0v) is 21.8. The highest BCUT2D eigenvalue weighted by atomic mass is 35.5. The summed E-state index contributed by atoms with van der Waals surface area (Å²) in [6.07, 6.45) is 3.13. The van der Waals surface area contributed by atoms with Crippen LogP contribution in [0.5, 0.6) is 0 Å². The number of rotatable bonds is 7. The highest BCUT2D eigenvalue weighted by molar-refractivity contribution is 6.33. The second-order valence-corrected chi connectivity index (χ2v) is 9.27. The molecule has 0 bridgehead atoms. The van der Waals surface area contributed by atoms with Gasteiger partial charge in [0.25, 0.3) is 11.4 Å². The molecular weight excluding hydrogens is 527 g/mol. The van der Waals surface area contributed by atoms with Gasteiger partial charge in [-0.05, 0) is 83.6 Å². The van der Waals surface area contributed by atoms with Crippen molar-refractivity contribution >= 4 is 58.4 Å². The van der Waals surface area contributed by atoms with Gasteiger partial charge < -0.3 is 0 Å². The molecule has 0 atom stereocenters. The maximum atomic E-state index is 11.1. The highest BCUT2D eigenvalue weighted by Gasteiger charge is 2.13. The van der Waals surface area contributed by atoms with Gasteiger partial charge in [-0.25, -0.2) is 0 Å². The number of aliphatic imine (C=N–C) groups is 2. The van der Waals surface area contributed by atoms with Crippen molar-refractivity contribution in [2.24, 2.45) is 9.98 Å². The Morgan fingerprint density at radius 3 is 1.37 bits per heavy atom. The van der Waals surface area contributed by atoms with Crippen LogP contribution in [0.25, 0.3) is 11.1 Å². The van der Waals surface area contributed by atoms with E-state index in [9.17, 15) is 20.2 Å². The number of nitro benzene ring substituents is 2. The molecule has 0 aromatic heterocycles. The summed E-state index contributed by atoms with van der Waals surface area (Å²) in [6.45, 7) is 3.88. The number of aryl methyl sites for hydroxylation is 2. The number of nitro groups is 2. The Hall–Kier alpha value is -4.40. The van der Waals surface area contributed by atoms with E-state index >= 15 is 0 Å². The number of halogens is 2. The van der Waals surface area contributed by atoms with Crippen LogP contribution in [0.3, 0.4) is 0 Å². The largest absolute Gasteiger partial charge is 0.288 e. The molecule has 0 N–H and O–H groups in total. The average molecular weight is 547 g/mol. The first kappa shape index (κ1) is 26.7. The van der Waals surface area contributed by atoms with Crippen molar-refractivity contribution in [3.05, 3.63) is 125 Å². The van der Waals surface area contributed by atoms with Crippen LogP contribution in [0.4, 0.5) is 22.7 Å². The number of hydrogen-bond donors (Lipinski definition) is 0. The summed E-state index contributed by atoms with van der Waals surface area (Å²) in [4.78, 5) is 30.1. The molecule has 0 aliphatic rings. The fraction of sp³-hybridized carbons (Fsp3) is 0.0714. The topological polar surface area (TPSA) is 111 Å². The summed E-state index contributed by atoms with van der Waals surface area (Å²) in [5, 5.41) is 22.4. The van der Waals surface area contributed by atoms with Crippen LogP contribution < -0.4 is 0 Å². The standard InChI is InChI=1S/C28H20Cl2N4O4/c1-17-11-21(5-9-25(17)31-15-19-3-7-23(29)27(13-19)33(35)36)22-6-10-26(18(2)12-22)32-16-20-4-8-24(30)28(14-20)34(37)38/h3-16H,1-2H3. The Balaban J connectivity index is 1.53. The fourth-order valence-corrected chi connectivity index (χ4v) is 4.12. The monoisotopic (exact) mass is 546 g/mol. The van der Waals surface area contributed by atoms with Crippen molar-refractivity contribution < 1.29 is 9.85 Å². The molecule has 0 fully saturated rings. The van der Waals surface area contributed by atoms with Crippen molar-refractivity contribution in [2.45, 2.75) is 13.8 Å². The van der Waals surface area contributed by atoms with Crippen molar-refractivity contribution in [1.29, 1.82) is 0 Å². The zero-order valence-electron chi connectivity index (χ0n) is 20.3. The lowest BCUT2D eigenvalue weighted by molar-refractivity contribution is -0.384. The lowest BCUT2D eigenvalue weighted by Crippen LogP contribution is -1.91. The van der Waals surface area contributed by atoms with Gasteiger partial charge in [0.05, 0.1) is 21.2 Å². The SMILES string of the molecule is Cc1cc(-c2ccc(N=Cc3ccc(Cl)c([N+](=O)[O-])c3)c(C)c2)ccc1N=Cc1ccc(Cl)c([N+](=O)[O-])c1. The molecule has 38 heavy (non-hydrogen) atoms. The van der Waals surface area contributed by atoms with Gasteiger partial charge in [-0.1, -0.05) is 47.5 Å². The van der Waals surface area contributed by atoms with E-state index in [1.807, 2.05) is 50.2 Å². The van der Waals surface area contributed by atoms with E-state index in [0.29, 0.717) is 11.1 Å². The highest BCUT2D eigenvalue weighted by Crippen LogP contribution is 2.31. The van der Waals surface area contributed by atoms with Gasteiger partial charge in [0.15, 0.2) is 0 Å². The minimum absolute atomic E-state index is 0.0774.